The summed E-state index contributed by atoms with van der Waals surface area (Å²) in [6.07, 6.45) is 2.12. The van der Waals surface area contributed by atoms with E-state index in [2.05, 4.69) is 26.4 Å². The van der Waals surface area contributed by atoms with Crippen LogP contribution >= 0.6 is 15.9 Å². The molecular formula is C14H13BrN2O2. The highest BCUT2D eigenvalue weighted by atomic mass is 79.9. The maximum absolute atomic E-state index is 12.2. The normalized spacial score (nSPS) is 14.4. The van der Waals surface area contributed by atoms with E-state index in [9.17, 15) is 4.79 Å². The molecule has 1 fully saturated rings. The minimum Gasteiger partial charge on any atom is -0.360 e. The fraction of sp³-hybridized carbons (Fsp3) is 0.286. The van der Waals surface area contributed by atoms with Gasteiger partial charge in [-0.2, -0.15) is 0 Å². The van der Waals surface area contributed by atoms with Crippen molar-refractivity contribution in [2.75, 3.05) is 0 Å². The van der Waals surface area contributed by atoms with Crippen molar-refractivity contribution in [2.24, 2.45) is 0 Å². The van der Waals surface area contributed by atoms with Crippen LogP contribution in [0, 0.1) is 6.92 Å². The first-order valence-corrected chi connectivity index (χ1v) is 6.97. The monoisotopic (exact) mass is 320 g/mol. The van der Waals surface area contributed by atoms with E-state index in [0.717, 1.165) is 22.9 Å². The first kappa shape index (κ1) is 12.4. The van der Waals surface area contributed by atoms with Gasteiger partial charge < -0.3 is 9.84 Å². The molecule has 0 bridgehead atoms. The van der Waals surface area contributed by atoms with E-state index in [0.29, 0.717) is 23.1 Å². The molecule has 1 aromatic carbocycles. The Hall–Kier alpha value is -1.62. The summed E-state index contributed by atoms with van der Waals surface area (Å²) in [5.74, 6) is 0.448. The molecule has 1 saturated carbocycles. The number of nitrogens with zero attached hydrogens (tertiary/aromatic N) is 1. The molecule has 0 radical (unpaired) electrons. The van der Waals surface area contributed by atoms with Gasteiger partial charge in [-0.25, -0.2) is 0 Å². The number of aromatic nitrogens is 1. The van der Waals surface area contributed by atoms with Crippen molar-refractivity contribution in [3.63, 3.8) is 0 Å². The van der Waals surface area contributed by atoms with Gasteiger partial charge in [0.15, 0.2) is 0 Å². The highest BCUT2D eigenvalue weighted by molar-refractivity contribution is 9.10. The number of nitrogens with one attached hydrogen (secondary N) is 1. The Kier molecular flexibility index (Phi) is 3.14. The van der Waals surface area contributed by atoms with Crippen molar-refractivity contribution in [1.29, 1.82) is 0 Å². The lowest BCUT2D eigenvalue weighted by Gasteiger charge is -2.04. The molecule has 1 aromatic heterocycles. The second-order valence-electron chi connectivity index (χ2n) is 4.72. The molecule has 4 nitrogen and oxygen atoms in total. The van der Waals surface area contributed by atoms with Crippen molar-refractivity contribution in [3.8, 4) is 11.3 Å². The number of benzene rings is 1. The smallest absolute Gasteiger partial charge is 0.257 e. The standard InChI is InChI=1S/C14H13BrN2O2/c1-8-12(14(18)16-11-5-6-11)13(17-19-8)9-3-2-4-10(15)7-9/h2-4,7,11H,5-6H2,1H3,(H,16,18). The molecule has 19 heavy (non-hydrogen) atoms. The van der Waals surface area contributed by atoms with Gasteiger partial charge in [-0.15, -0.1) is 0 Å². The quantitative estimate of drug-likeness (QED) is 0.944. The van der Waals surface area contributed by atoms with Gasteiger partial charge in [0.2, 0.25) is 0 Å². The van der Waals surface area contributed by atoms with Gasteiger partial charge in [-0.3, -0.25) is 4.79 Å². The summed E-state index contributed by atoms with van der Waals surface area (Å²) in [6.45, 7) is 1.76. The fourth-order valence-electron chi connectivity index (χ4n) is 1.96. The van der Waals surface area contributed by atoms with Gasteiger partial charge in [0.05, 0.1) is 0 Å². The number of halogens is 1. The van der Waals surface area contributed by atoms with E-state index in [-0.39, 0.29) is 5.91 Å². The molecule has 1 aliphatic carbocycles. The third-order valence-electron chi connectivity index (χ3n) is 3.10. The fourth-order valence-corrected chi connectivity index (χ4v) is 2.36. The average Bonchev–Trinajstić information content (AvgIpc) is 3.09. The van der Waals surface area contributed by atoms with Crippen LogP contribution in [-0.2, 0) is 0 Å². The molecule has 0 saturated heterocycles. The second-order valence-corrected chi connectivity index (χ2v) is 5.64. The molecule has 2 aromatic rings. The van der Waals surface area contributed by atoms with Gasteiger partial charge >= 0.3 is 0 Å². The van der Waals surface area contributed by atoms with E-state index in [1.165, 1.54) is 0 Å². The van der Waals surface area contributed by atoms with Crippen LogP contribution in [0.25, 0.3) is 11.3 Å². The minimum absolute atomic E-state index is 0.101. The van der Waals surface area contributed by atoms with Crippen molar-refractivity contribution >= 4 is 21.8 Å². The van der Waals surface area contributed by atoms with Crippen LogP contribution in [0.2, 0.25) is 0 Å². The molecule has 1 heterocycles. The Morgan fingerprint density at radius 2 is 2.26 bits per heavy atom. The number of hydrogen-bond acceptors (Lipinski definition) is 3. The summed E-state index contributed by atoms with van der Waals surface area (Å²) < 4.78 is 6.13. The number of aryl methyl sites for hydroxylation is 1. The molecule has 98 valence electrons. The zero-order valence-corrected chi connectivity index (χ0v) is 12.0. The van der Waals surface area contributed by atoms with E-state index >= 15 is 0 Å². The van der Waals surface area contributed by atoms with Crippen molar-refractivity contribution in [3.05, 3.63) is 40.1 Å². The van der Waals surface area contributed by atoms with Gasteiger partial charge in [0.1, 0.15) is 17.0 Å². The highest BCUT2D eigenvalue weighted by Gasteiger charge is 2.28. The minimum atomic E-state index is -0.101. The van der Waals surface area contributed by atoms with Crippen LogP contribution in [0.3, 0.4) is 0 Å². The van der Waals surface area contributed by atoms with E-state index in [1.807, 2.05) is 24.3 Å². The van der Waals surface area contributed by atoms with Crippen LogP contribution in [0.1, 0.15) is 29.0 Å². The largest absolute Gasteiger partial charge is 0.360 e. The predicted molar refractivity (Wildman–Crippen MR) is 74.9 cm³/mol. The molecule has 0 spiro atoms. The predicted octanol–water partition coefficient (Wildman–Crippen LogP) is 3.30. The summed E-state index contributed by atoms with van der Waals surface area (Å²) in [6, 6.07) is 7.99. The highest BCUT2D eigenvalue weighted by Crippen LogP contribution is 2.28. The zero-order valence-electron chi connectivity index (χ0n) is 10.4. The van der Waals surface area contributed by atoms with Crippen molar-refractivity contribution < 1.29 is 9.32 Å². The van der Waals surface area contributed by atoms with E-state index in [4.69, 9.17) is 4.52 Å². The van der Waals surface area contributed by atoms with E-state index in [1.54, 1.807) is 6.92 Å². The first-order chi connectivity index (χ1) is 9.15. The topological polar surface area (TPSA) is 55.1 Å². The summed E-state index contributed by atoms with van der Waals surface area (Å²) in [4.78, 5) is 12.2. The molecule has 1 N–H and O–H groups in total. The molecule has 1 amide bonds. The Bertz CT molecular complexity index is 632. The Morgan fingerprint density at radius 1 is 1.47 bits per heavy atom. The maximum Gasteiger partial charge on any atom is 0.257 e. The summed E-state index contributed by atoms with van der Waals surface area (Å²) in [7, 11) is 0. The lowest BCUT2D eigenvalue weighted by atomic mass is 10.1. The molecule has 0 aliphatic heterocycles. The van der Waals surface area contributed by atoms with Crippen LogP contribution < -0.4 is 5.32 Å². The number of amides is 1. The van der Waals surface area contributed by atoms with Gasteiger partial charge in [0, 0.05) is 16.1 Å². The summed E-state index contributed by atoms with van der Waals surface area (Å²) in [5.41, 5.74) is 1.99. The van der Waals surface area contributed by atoms with Crippen LogP contribution in [0.5, 0.6) is 0 Å². The average molecular weight is 321 g/mol. The number of carbonyl (C=O) groups is 1. The molecule has 5 heteroatoms. The molecule has 0 unspecified atom stereocenters. The molecular weight excluding hydrogens is 308 g/mol. The van der Waals surface area contributed by atoms with Crippen LogP contribution in [-0.4, -0.2) is 17.1 Å². The number of carbonyl (C=O) groups excluding carboxylic acids is 1. The first-order valence-electron chi connectivity index (χ1n) is 6.18. The maximum atomic E-state index is 12.2. The SMILES string of the molecule is Cc1onc(-c2cccc(Br)c2)c1C(=O)NC1CC1. The molecule has 0 atom stereocenters. The third-order valence-corrected chi connectivity index (χ3v) is 3.59. The third kappa shape index (κ3) is 2.56. The zero-order chi connectivity index (χ0) is 13.4. The van der Waals surface area contributed by atoms with Crippen LogP contribution in [0.15, 0.2) is 33.3 Å². The number of rotatable bonds is 3. The van der Waals surface area contributed by atoms with Crippen molar-refractivity contribution in [1.82, 2.24) is 10.5 Å². The number of hydrogen-bond donors (Lipinski definition) is 1. The van der Waals surface area contributed by atoms with Gasteiger partial charge in [-0.05, 0) is 31.9 Å². The molecule has 1 aliphatic rings. The van der Waals surface area contributed by atoms with Gasteiger partial charge in [-0.1, -0.05) is 33.2 Å². The van der Waals surface area contributed by atoms with Gasteiger partial charge in [0.25, 0.3) is 5.91 Å². The Morgan fingerprint density at radius 3 is 2.95 bits per heavy atom. The summed E-state index contributed by atoms with van der Waals surface area (Å²) >= 11 is 3.42. The summed E-state index contributed by atoms with van der Waals surface area (Å²) in [5, 5.41) is 6.99. The van der Waals surface area contributed by atoms with Crippen molar-refractivity contribution in [2.45, 2.75) is 25.8 Å². The Labute approximate surface area is 119 Å². The lowest BCUT2D eigenvalue weighted by molar-refractivity contribution is 0.0950. The second kappa shape index (κ2) is 4.81. The van der Waals surface area contributed by atoms with E-state index < -0.39 is 0 Å². The van der Waals surface area contributed by atoms with Crippen LogP contribution in [0.4, 0.5) is 0 Å². The Balaban J connectivity index is 1.99. The lowest BCUT2D eigenvalue weighted by Crippen LogP contribution is -2.26. The molecule has 3 rings (SSSR count).